The molecule has 0 saturated heterocycles. The number of nitrogens with one attached hydrogen (secondary N) is 1. The third-order valence-corrected chi connectivity index (χ3v) is 2.51. The fraction of sp³-hybridized carbons (Fsp3) is 0.250. The van der Waals surface area contributed by atoms with Crippen molar-refractivity contribution in [1.29, 1.82) is 0 Å². The normalized spacial score (nSPS) is 18.4. The minimum atomic E-state index is -0.0506. The van der Waals surface area contributed by atoms with Crippen LogP contribution in [0.3, 0.4) is 0 Å². The van der Waals surface area contributed by atoms with Crippen LogP contribution in [0.4, 0.5) is 5.69 Å². The average molecular weight is 187 g/mol. The third kappa shape index (κ3) is 1.55. The maximum Gasteiger partial charge on any atom is 0.159 e. The summed E-state index contributed by atoms with van der Waals surface area (Å²) in [6.07, 6.45) is 2.92. The van der Waals surface area contributed by atoms with E-state index in [1.54, 1.807) is 6.08 Å². The van der Waals surface area contributed by atoms with E-state index in [1.807, 2.05) is 18.2 Å². The second kappa shape index (κ2) is 3.66. The predicted molar refractivity (Wildman–Crippen MR) is 57.4 cm³/mol. The molecular formula is C12H13NO. The fourth-order valence-corrected chi connectivity index (χ4v) is 1.78. The fourth-order valence-electron chi connectivity index (χ4n) is 1.78. The largest absolute Gasteiger partial charge is 0.375 e. The number of hydrogen-bond donors (Lipinski definition) is 1. The zero-order valence-electron chi connectivity index (χ0n) is 7.99. The van der Waals surface area contributed by atoms with Gasteiger partial charge in [0.15, 0.2) is 5.78 Å². The Morgan fingerprint density at radius 2 is 2.36 bits per heavy atom. The van der Waals surface area contributed by atoms with E-state index in [-0.39, 0.29) is 11.8 Å². The summed E-state index contributed by atoms with van der Waals surface area (Å²) >= 11 is 0. The van der Waals surface area contributed by atoms with Crippen molar-refractivity contribution < 1.29 is 4.79 Å². The van der Waals surface area contributed by atoms with Crippen molar-refractivity contribution in [2.45, 2.75) is 18.9 Å². The number of anilines is 1. The second-order valence-corrected chi connectivity index (χ2v) is 3.52. The monoisotopic (exact) mass is 187 g/mol. The molecular weight excluding hydrogens is 174 g/mol. The van der Waals surface area contributed by atoms with Gasteiger partial charge in [-0.25, -0.2) is 0 Å². The lowest BCUT2D eigenvalue weighted by molar-refractivity contribution is -0.118. The van der Waals surface area contributed by atoms with Gasteiger partial charge in [-0.3, -0.25) is 4.79 Å². The van der Waals surface area contributed by atoms with Crippen LogP contribution in [0.15, 0.2) is 36.9 Å². The Kier molecular flexibility index (Phi) is 2.35. The molecule has 1 heterocycles. The number of carbonyl (C=O) groups excluding carboxylic acids is 1. The average Bonchev–Trinajstić information content (AvgIpc) is 2.61. The summed E-state index contributed by atoms with van der Waals surface area (Å²) in [5.41, 5.74) is 2.32. The lowest BCUT2D eigenvalue weighted by Crippen LogP contribution is -2.26. The molecule has 1 aliphatic heterocycles. The van der Waals surface area contributed by atoms with Crippen LogP contribution in [-0.4, -0.2) is 11.8 Å². The first-order valence-electron chi connectivity index (χ1n) is 4.79. The zero-order chi connectivity index (χ0) is 9.97. The van der Waals surface area contributed by atoms with Crippen LogP contribution in [0.25, 0.3) is 0 Å². The van der Waals surface area contributed by atoms with Gasteiger partial charge in [0.25, 0.3) is 0 Å². The molecule has 2 nitrogen and oxygen atoms in total. The van der Waals surface area contributed by atoms with Gasteiger partial charge >= 0.3 is 0 Å². The molecule has 0 aromatic heterocycles. The highest BCUT2D eigenvalue weighted by Gasteiger charge is 2.24. The highest BCUT2D eigenvalue weighted by atomic mass is 16.1. The Labute approximate surface area is 83.6 Å². The van der Waals surface area contributed by atoms with Gasteiger partial charge in [-0.15, -0.1) is 6.58 Å². The molecule has 0 aliphatic carbocycles. The van der Waals surface area contributed by atoms with E-state index in [0.29, 0.717) is 6.42 Å². The smallest absolute Gasteiger partial charge is 0.159 e. The molecule has 1 aromatic carbocycles. The Morgan fingerprint density at radius 1 is 1.57 bits per heavy atom. The molecule has 0 amide bonds. The van der Waals surface area contributed by atoms with Crippen LogP contribution < -0.4 is 5.32 Å². The molecule has 2 rings (SSSR count). The van der Waals surface area contributed by atoms with E-state index in [2.05, 4.69) is 18.0 Å². The van der Waals surface area contributed by atoms with E-state index in [4.69, 9.17) is 0 Å². The highest BCUT2D eigenvalue weighted by Crippen LogP contribution is 2.25. The molecule has 0 radical (unpaired) electrons. The molecule has 1 aliphatic rings. The number of allylic oxidation sites excluding steroid dienone is 1. The molecule has 0 fully saturated rings. The van der Waals surface area contributed by atoms with Crippen LogP contribution in [0.2, 0.25) is 0 Å². The van der Waals surface area contributed by atoms with Gasteiger partial charge in [-0.2, -0.15) is 0 Å². The summed E-state index contributed by atoms with van der Waals surface area (Å²) in [6, 6.07) is 8.00. The molecule has 1 unspecified atom stereocenters. The standard InChI is InChI=1S/C12H13NO/c1-2-5-12(14)11-8-9-6-3-4-7-10(9)13-11/h2-4,6-7,11,13H,1,5,8H2. The first-order valence-corrected chi connectivity index (χ1v) is 4.79. The van der Waals surface area contributed by atoms with E-state index >= 15 is 0 Å². The van der Waals surface area contributed by atoms with Gasteiger partial charge in [0, 0.05) is 18.5 Å². The first kappa shape index (κ1) is 9.00. The Bertz CT molecular complexity index is 345. The molecule has 0 saturated carbocycles. The van der Waals surface area contributed by atoms with Crippen molar-refractivity contribution in [2.24, 2.45) is 0 Å². The summed E-state index contributed by atoms with van der Waals surface area (Å²) in [6.45, 7) is 3.57. The lowest BCUT2D eigenvalue weighted by atomic mass is 10.1. The minimum absolute atomic E-state index is 0.0506. The zero-order valence-corrected chi connectivity index (χ0v) is 7.99. The van der Waals surface area contributed by atoms with E-state index in [9.17, 15) is 4.79 Å². The molecule has 2 heteroatoms. The summed E-state index contributed by atoms with van der Waals surface area (Å²) in [7, 11) is 0. The van der Waals surface area contributed by atoms with Crippen LogP contribution >= 0.6 is 0 Å². The molecule has 0 bridgehead atoms. The molecule has 1 N–H and O–H groups in total. The molecule has 72 valence electrons. The van der Waals surface area contributed by atoms with Crippen LogP contribution in [0, 0.1) is 0 Å². The number of carbonyl (C=O) groups is 1. The van der Waals surface area contributed by atoms with Crippen molar-refractivity contribution in [3.05, 3.63) is 42.5 Å². The Morgan fingerprint density at radius 3 is 3.07 bits per heavy atom. The van der Waals surface area contributed by atoms with Gasteiger partial charge in [0.1, 0.15) is 0 Å². The van der Waals surface area contributed by atoms with Gasteiger partial charge in [0.2, 0.25) is 0 Å². The van der Waals surface area contributed by atoms with Crippen molar-refractivity contribution in [1.82, 2.24) is 0 Å². The van der Waals surface area contributed by atoms with Gasteiger partial charge in [-0.1, -0.05) is 24.3 Å². The molecule has 14 heavy (non-hydrogen) atoms. The maximum absolute atomic E-state index is 11.6. The number of hydrogen-bond acceptors (Lipinski definition) is 2. The van der Waals surface area contributed by atoms with Crippen LogP contribution in [-0.2, 0) is 11.2 Å². The number of benzene rings is 1. The number of para-hydroxylation sites is 1. The predicted octanol–water partition coefficient (Wildman–Crippen LogP) is 2.17. The maximum atomic E-state index is 11.6. The second-order valence-electron chi connectivity index (χ2n) is 3.52. The molecule has 1 aromatic rings. The van der Waals surface area contributed by atoms with Gasteiger partial charge in [0.05, 0.1) is 6.04 Å². The number of rotatable bonds is 3. The minimum Gasteiger partial charge on any atom is -0.375 e. The van der Waals surface area contributed by atoms with E-state index in [0.717, 1.165) is 12.1 Å². The van der Waals surface area contributed by atoms with Gasteiger partial charge < -0.3 is 5.32 Å². The van der Waals surface area contributed by atoms with Crippen molar-refractivity contribution in [3.8, 4) is 0 Å². The topological polar surface area (TPSA) is 29.1 Å². The molecule has 0 spiro atoms. The summed E-state index contributed by atoms with van der Waals surface area (Å²) in [5.74, 6) is 0.219. The van der Waals surface area contributed by atoms with E-state index < -0.39 is 0 Å². The Balaban J connectivity index is 2.11. The number of ketones is 1. The SMILES string of the molecule is C=CCC(=O)C1Cc2ccccc2N1. The van der Waals surface area contributed by atoms with E-state index in [1.165, 1.54) is 5.56 Å². The first-order chi connectivity index (χ1) is 6.81. The van der Waals surface area contributed by atoms with Crippen LogP contribution in [0.1, 0.15) is 12.0 Å². The quantitative estimate of drug-likeness (QED) is 0.735. The summed E-state index contributed by atoms with van der Waals surface area (Å²) < 4.78 is 0. The highest BCUT2D eigenvalue weighted by molar-refractivity contribution is 5.90. The number of Topliss-reactive ketones (excluding diaryl/α,β-unsaturated/α-hetero) is 1. The molecule has 1 atom stereocenters. The van der Waals surface area contributed by atoms with Crippen LogP contribution in [0.5, 0.6) is 0 Å². The Hall–Kier alpha value is -1.57. The number of fused-ring (bicyclic) bond motifs is 1. The summed E-state index contributed by atoms with van der Waals surface area (Å²) in [4.78, 5) is 11.6. The van der Waals surface area contributed by atoms with Gasteiger partial charge in [-0.05, 0) is 11.6 Å². The lowest BCUT2D eigenvalue weighted by Gasteiger charge is -2.07. The van der Waals surface area contributed by atoms with Crippen molar-refractivity contribution >= 4 is 11.5 Å². The summed E-state index contributed by atoms with van der Waals surface area (Å²) in [5, 5.41) is 3.22. The third-order valence-electron chi connectivity index (χ3n) is 2.51. The van der Waals surface area contributed by atoms with Crippen molar-refractivity contribution in [2.75, 3.05) is 5.32 Å². The van der Waals surface area contributed by atoms with Crippen molar-refractivity contribution in [3.63, 3.8) is 0 Å².